The lowest BCUT2D eigenvalue weighted by molar-refractivity contribution is -0.134. The lowest BCUT2D eigenvalue weighted by Gasteiger charge is -2.26. The topological polar surface area (TPSA) is 69.7 Å². The monoisotopic (exact) mass is 415 g/mol. The van der Waals surface area contributed by atoms with Crippen LogP contribution in [-0.2, 0) is 15.1 Å². The third kappa shape index (κ3) is 3.44. The average Bonchev–Trinajstić information content (AvgIpc) is 2.98. The van der Waals surface area contributed by atoms with E-state index >= 15 is 0 Å². The summed E-state index contributed by atoms with van der Waals surface area (Å²) in [6, 6.07) is 20.5. The second-order valence-electron chi connectivity index (χ2n) is 7.90. The van der Waals surface area contributed by atoms with E-state index in [4.69, 9.17) is 0 Å². The minimum atomic E-state index is -1.20. The summed E-state index contributed by atoms with van der Waals surface area (Å²) in [5, 5.41) is 4.75. The molecule has 0 bridgehead atoms. The number of amides is 4. The second kappa shape index (κ2) is 7.87. The molecule has 1 fully saturated rings. The molecule has 4 rings (SSSR count). The zero-order chi connectivity index (χ0) is 22.2. The Morgan fingerprint density at radius 3 is 2.42 bits per heavy atom. The van der Waals surface area contributed by atoms with Gasteiger partial charge in [-0.25, -0.2) is 4.79 Å². The highest BCUT2D eigenvalue weighted by Crippen LogP contribution is 2.32. The predicted molar refractivity (Wildman–Crippen MR) is 121 cm³/mol. The molecule has 0 saturated carbocycles. The van der Waals surface area contributed by atoms with Crippen LogP contribution in [0.15, 0.2) is 66.7 Å². The van der Waals surface area contributed by atoms with Crippen LogP contribution in [0.25, 0.3) is 10.8 Å². The molecule has 3 aromatic rings. The van der Waals surface area contributed by atoms with Gasteiger partial charge in [0.05, 0.1) is 5.69 Å². The van der Waals surface area contributed by atoms with Crippen LogP contribution in [0.1, 0.15) is 25.0 Å². The van der Waals surface area contributed by atoms with Gasteiger partial charge in [-0.1, -0.05) is 60.7 Å². The van der Waals surface area contributed by atoms with Crippen LogP contribution in [0.3, 0.4) is 0 Å². The van der Waals surface area contributed by atoms with E-state index in [-0.39, 0.29) is 12.5 Å². The number of hydrogen-bond acceptors (Lipinski definition) is 3. The molecule has 0 aliphatic carbocycles. The molecule has 1 N–H and O–H groups in total. The van der Waals surface area contributed by atoms with Crippen molar-refractivity contribution in [3.8, 4) is 0 Å². The van der Waals surface area contributed by atoms with E-state index in [1.165, 1.54) is 0 Å². The summed E-state index contributed by atoms with van der Waals surface area (Å²) in [5.74, 6) is -0.731. The Hall–Kier alpha value is -3.67. The van der Waals surface area contributed by atoms with Crippen LogP contribution in [0.2, 0.25) is 0 Å². The number of aryl methyl sites for hydroxylation is 1. The van der Waals surface area contributed by atoms with Gasteiger partial charge in [0.25, 0.3) is 5.91 Å². The first-order valence-corrected chi connectivity index (χ1v) is 10.3. The maximum Gasteiger partial charge on any atom is 0.325 e. The van der Waals surface area contributed by atoms with Gasteiger partial charge < -0.3 is 10.2 Å². The number of carbonyl (C=O) groups excluding carboxylic acids is 3. The first kappa shape index (κ1) is 20.6. The number of fused-ring (bicyclic) bond motifs is 1. The van der Waals surface area contributed by atoms with Crippen molar-refractivity contribution in [2.45, 2.75) is 26.3 Å². The Labute approximate surface area is 181 Å². The fraction of sp³-hybridized carbons (Fsp3) is 0.240. The molecule has 1 atom stereocenters. The van der Waals surface area contributed by atoms with Crippen molar-refractivity contribution in [2.75, 3.05) is 18.0 Å². The highest BCUT2D eigenvalue weighted by molar-refractivity contribution is 6.12. The number of likely N-dealkylation sites (N-methyl/N-ethyl adjacent to an activating group) is 1. The summed E-state index contributed by atoms with van der Waals surface area (Å²) in [7, 11) is 0. The molecule has 6 nitrogen and oxygen atoms in total. The van der Waals surface area contributed by atoms with E-state index in [0.717, 1.165) is 32.5 Å². The van der Waals surface area contributed by atoms with Crippen molar-refractivity contribution < 1.29 is 14.4 Å². The van der Waals surface area contributed by atoms with Gasteiger partial charge in [0, 0.05) is 11.9 Å². The van der Waals surface area contributed by atoms with Crippen LogP contribution >= 0.6 is 0 Å². The number of carbonyl (C=O) groups is 3. The van der Waals surface area contributed by atoms with Crippen molar-refractivity contribution in [1.82, 2.24) is 10.2 Å². The van der Waals surface area contributed by atoms with Gasteiger partial charge in [0.15, 0.2) is 0 Å². The molecule has 0 aromatic heterocycles. The lowest BCUT2D eigenvalue weighted by atomic mass is 9.88. The number of nitrogens with zero attached hydrogens (tertiary/aromatic N) is 2. The molecule has 4 amide bonds. The first-order chi connectivity index (χ1) is 14.9. The number of benzene rings is 3. The standard InChI is InChI=1S/C25H25N3O3/c1-4-27(21-15-9-12-18-11-6-7-13-19(18)21)22(29)16-28-23(30)25(3,26-24(28)31)20-14-8-5-10-17(20)2/h5-15H,4,16H2,1-3H3,(H,26,31). The normalized spacial score (nSPS) is 18.4. The van der Waals surface area contributed by atoms with E-state index in [9.17, 15) is 14.4 Å². The molecule has 0 radical (unpaired) electrons. The number of rotatable bonds is 5. The predicted octanol–water partition coefficient (Wildman–Crippen LogP) is 3.97. The van der Waals surface area contributed by atoms with Gasteiger partial charge in [-0.3, -0.25) is 14.5 Å². The minimum absolute atomic E-state index is 0.309. The molecule has 0 spiro atoms. The quantitative estimate of drug-likeness (QED) is 0.641. The van der Waals surface area contributed by atoms with Crippen molar-refractivity contribution in [3.63, 3.8) is 0 Å². The fourth-order valence-electron chi connectivity index (χ4n) is 4.30. The zero-order valence-electron chi connectivity index (χ0n) is 17.9. The summed E-state index contributed by atoms with van der Waals surface area (Å²) < 4.78 is 0. The van der Waals surface area contributed by atoms with E-state index in [2.05, 4.69) is 5.32 Å². The number of imide groups is 1. The minimum Gasteiger partial charge on any atom is -0.319 e. The zero-order valence-corrected chi connectivity index (χ0v) is 17.9. The molecule has 1 unspecified atom stereocenters. The second-order valence-corrected chi connectivity index (χ2v) is 7.90. The maximum atomic E-state index is 13.3. The van der Waals surface area contributed by atoms with Gasteiger partial charge in [-0.2, -0.15) is 0 Å². The molecule has 1 aliphatic rings. The Morgan fingerprint density at radius 1 is 1.00 bits per heavy atom. The molecular formula is C25H25N3O3. The number of nitrogens with one attached hydrogen (secondary N) is 1. The lowest BCUT2D eigenvalue weighted by Crippen LogP contribution is -2.45. The van der Waals surface area contributed by atoms with Crippen LogP contribution in [0.5, 0.6) is 0 Å². The molecule has 3 aromatic carbocycles. The summed E-state index contributed by atoms with van der Waals surface area (Å²) in [6.45, 7) is 5.56. The Morgan fingerprint density at radius 2 is 1.68 bits per heavy atom. The highest BCUT2D eigenvalue weighted by atomic mass is 16.2. The SMILES string of the molecule is CCN(C(=O)CN1C(=O)NC(C)(c2ccccc2C)C1=O)c1cccc2ccccc12. The molecule has 1 saturated heterocycles. The molecule has 1 heterocycles. The van der Waals surface area contributed by atoms with Gasteiger partial charge in [-0.15, -0.1) is 0 Å². The molecule has 31 heavy (non-hydrogen) atoms. The number of urea groups is 1. The van der Waals surface area contributed by atoms with Crippen LogP contribution < -0.4 is 10.2 Å². The van der Waals surface area contributed by atoms with Crippen LogP contribution in [-0.4, -0.2) is 35.8 Å². The number of anilines is 1. The van der Waals surface area contributed by atoms with Gasteiger partial charge in [0.2, 0.25) is 5.91 Å². The Kier molecular flexibility index (Phi) is 5.23. The fourth-order valence-corrected chi connectivity index (χ4v) is 4.30. The summed E-state index contributed by atoms with van der Waals surface area (Å²) in [5.41, 5.74) is 1.20. The Balaban J connectivity index is 1.62. The average molecular weight is 415 g/mol. The summed E-state index contributed by atoms with van der Waals surface area (Å²) in [4.78, 5) is 41.8. The smallest absolute Gasteiger partial charge is 0.319 e. The van der Waals surface area contributed by atoms with E-state index in [1.807, 2.05) is 80.6 Å². The Bertz CT molecular complexity index is 1180. The van der Waals surface area contributed by atoms with Crippen molar-refractivity contribution in [1.29, 1.82) is 0 Å². The van der Waals surface area contributed by atoms with Gasteiger partial charge >= 0.3 is 6.03 Å². The summed E-state index contributed by atoms with van der Waals surface area (Å²) >= 11 is 0. The summed E-state index contributed by atoms with van der Waals surface area (Å²) in [6.07, 6.45) is 0. The third-order valence-corrected chi connectivity index (χ3v) is 5.93. The molecule has 1 aliphatic heterocycles. The van der Waals surface area contributed by atoms with Crippen LogP contribution in [0.4, 0.5) is 10.5 Å². The molecule has 158 valence electrons. The van der Waals surface area contributed by atoms with Crippen LogP contribution in [0, 0.1) is 6.92 Å². The van der Waals surface area contributed by atoms with Gasteiger partial charge in [-0.05, 0) is 43.4 Å². The van der Waals surface area contributed by atoms with E-state index in [1.54, 1.807) is 11.8 Å². The highest BCUT2D eigenvalue weighted by Gasteiger charge is 2.50. The molecule has 6 heteroatoms. The molecular weight excluding hydrogens is 390 g/mol. The van der Waals surface area contributed by atoms with Crippen molar-refractivity contribution >= 4 is 34.3 Å². The largest absolute Gasteiger partial charge is 0.325 e. The van der Waals surface area contributed by atoms with E-state index in [0.29, 0.717) is 6.54 Å². The maximum absolute atomic E-state index is 13.3. The number of hydrogen-bond donors (Lipinski definition) is 1. The third-order valence-electron chi connectivity index (χ3n) is 5.93. The van der Waals surface area contributed by atoms with Gasteiger partial charge in [0.1, 0.15) is 12.1 Å². The van der Waals surface area contributed by atoms with E-state index < -0.39 is 17.5 Å². The van der Waals surface area contributed by atoms with Crippen molar-refractivity contribution in [2.24, 2.45) is 0 Å². The first-order valence-electron chi connectivity index (χ1n) is 10.3. The van der Waals surface area contributed by atoms with Crippen molar-refractivity contribution in [3.05, 3.63) is 77.9 Å².